The van der Waals surface area contributed by atoms with Crippen LogP contribution in [0.15, 0.2) is 22.7 Å². The third-order valence-electron chi connectivity index (χ3n) is 3.54. The Hall–Kier alpha value is -2.08. The van der Waals surface area contributed by atoms with Gasteiger partial charge in [-0.3, -0.25) is 0 Å². The lowest BCUT2D eigenvalue weighted by molar-refractivity contribution is 0.181. The Balaban J connectivity index is 1.94. The van der Waals surface area contributed by atoms with E-state index >= 15 is 0 Å². The van der Waals surface area contributed by atoms with Crippen molar-refractivity contribution in [2.45, 2.75) is 24.8 Å². The lowest BCUT2D eigenvalue weighted by Gasteiger charge is -2.33. The third-order valence-corrected chi connectivity index (χ3v) is 3.54. The smallest absolute Gasteiger partial charge is 0.247 e. The minimum Gasteiger partial charge on any atom is -0.504 e. The molecular formula is C13H15N3O3. The van der Waals surface area contributed by atoms with Gasteiger partial charge in [-0.1, -0.05) is 5.16 Å². The first-order valence-corrected chi connectivity index (χ1v) is 6.13. The Morgan fingerprint density at radius 2 is 2.21 bits per heavy atom. The van der Waals surface area contributed by atoms with Crippen molar-refractivity contribution in [1.82, 2.24) is 10.1 Å². The van der Waals surface area contributed by atoms with Crippen molar-refractivity contribution in [2.24, 2.45) is 5.73 Å². The predicted octanol–water partition coefficient (Wildman–Crippen LogP) is 1.79. The van der Waals surface area contributed by atoms with E-state index in [9.17, 15) is 5.11 Å². The van der Waals surface area contributed by atoms with Crippen LogP contribution in [0.3, 0.4) is 0 Å². The van der Waals surface area contributed by atoms with Crippen LogP contribution in [0, 0.1) is 0 Å². The molecule has 0 spiro atoms. The molecule has 2 aromatic rings. The summed E-state index contributed by atoms with van der Waals surface area (Å²) in [4.78, 5) is 4.34. The van der Waals surface area contributed by atoms with Crippen LogP contribution in [0.5, 0.6) is 11.5 Å². The maximum Gasteiger partial charge on any atom is 0.247 e. The summed E-state index contributed by atoms with van der Waals surface area (Å²) < 4.78 is 10.3. The highest BCUT2D eigenvalue weighted by Crippen LogP contribution is 2.38. The summed E-state index contributed by atoms with van der Waals surface area (Å²) in [6, 6.07) is 4.90. The summed E-state index contributed by atoms with van der Waals surface area (Å²) in [6.45, 7) is 0. The van der Waals surface area contributed by atoms with Crippen LogP contribution in [0.1, 0.15) is 25.2 Å². The topological polar surface area (TPSA) is 94.4 Å². The van der Waals surface area contributed by atoms with Crippen molar-refractivity contribution in [3.63, 3.8) is 0 Å². The quantitative estimate of drug-likeness (QED) is 0.874. The average Bonchev–Trinajstić information content (AvgIpc) is 2.86. The van der Waals surface area contributed by atoms with Gasteiger partial charge >= 0.3 is 0 Å². The van der Waals surface area contributed by atoms with Gasteiger partial charge in [0.1, 0.15) is 0 Å². The van der Waals surface area contributed by atoms with Crippen LogP contribution in [-0.4, -0.2) is 22.4 Å². The molecular weight excluding hydrogens is 246 g/mol. The fourth-order valence-electron chi connectivity index (χ4n) is 2.13. The second-order valence-corrected chi connectivity index (χ2v) is 4.82. The fourth-order valence-corrected chi connectivity index (χ4v) is 2.13. The number of ether oxygens (including phenoxy) is 1. The van der Waals surface area contributed by atoms with E-state index < -0.39 is 5.54 Å². The summed E-state index contributed by atoms with van der Waals surface area (Å²) in [6.07, 6.45) is 2.82. The largest absolute Gasteiger partial charge is 0.504 e. The summed E-state index contributed by atoms with van der Waals surface area (Å²) in [5.41, 5.74) is 6.38. The number of hydrogen-bond donors (Lipinski definition) is 2. The lowest BCUT2D eigenvalue weighted by atomic mass is 9.78. The second-order valence-electron chi connectivity index (χ2n) is 4.82. The van der Waals surface area contributed by atoms with Crippen LogP contribution in [-0.2, 0) is 5.54 Å². The van der Waals surface area contributed by atoms with Gasteiger partial charge in [0, 0.05) is 5.56 Å². The number of nitrogens with two attached hydrogens (primary N) is 1. The van der Waals surface area contributed by atoms with E-state index in [1.807, 2.05) is 0 Å². The Bertz CT molecular complexity index is 605. The van der Waals surface area contributed by atoms with Crippen molar-refractivity contribution in [3.05, 3.63) is 24.1 Å². The van der Waals surface area contributed by atoms with Crippen molar-refractivity contribution >= 4 is 0 Å². The number of hydrogen-bond acceptors (Lipinski definition) is 6. The zero-order valence-corrected chi connectivity index (χ0v) is 10.6. The van der Waals surface area contributed by atoms with Crippen LogP contribution in [0.2, 0.25) is 0 Å². The number of methoxy groups -OCH3 is 1. The molecule has 6 nitrogen and oxygen atoms in total. The highest BCUT2D eigenvalue weighted by atomic mass is 16.5. The summed E-state index contributed by atoms with van der Waals surface area (Å²) >= 11 is 0. The Labute approximate surface area is 110 Å². The fraction of sp³-hybridized carbons (Fsp3) is 0.385. The Morgan fingerprint density at radius 1 is 1.42 bits per heavy atom. The van der Waals surface area contributed by atoms with Gasteiger partial charge in [-0.05, 0) is 37.5 Å². The number of benzene rings is 1. The predicted molar refractivity (Wildman–Crippen MR) is 67.7 cm³/mol. The van der Waals surface area contributed by atoms with Crippen molar-refractivity contribution in [2.75, 3.05) is 7.11 Å². The molecule has 1 aliphatic rings. The van der Waals surface area contributed by atoms with E-state index in [2.05, 4.69) is 10.1 Å². The van der Waals surface area contributed by atoms with E-state index in [1.165, 1.54) is 13.2 Å². The van der Waals surface area contributed by atoms with Gasteiger partial charge in [0.05, 0.1) is 12.6 Å². The number of nitrogens with zero attached hydrogens (tertiary/aromatic N) is 2. The first kappa shape index (κ1) is 12.0. The summed E-state index contributed by atoms with van der Waals surface area (Å²) in [5, 5.41) is 13.5. The highest BCUT2D eigenvalue weighted by molar-refractivity contribution is 5.60. The van der Waals surface area contributed by atoms with Gasteiger partial charge in [-0.25, -0.2) is 0 Å². The normalized spacial score (nSPS) is 16.9. The number of rotatable bonds is 3. The van der Waals surface area contributed by atoms with E-state index in [0.717, 1.165) is 19.3 Å². The molecule has 3 N–H and O–H groups in total. The molecule has 1 aromatic carbocycles. The molecule has 0 aliphatic heterocycles. The van der Waals surface area contributed by atoms with Crippen molar-refractivity contribution < 1.29 is 14.4 Å². The van der Waals surface area contributed by atoms with Gasteiger partial charge in [0.25, 0.3) is 0 Å². The minimum absolute atomic E-state index is 0.0734. The number of phenols is 1. The molecule has 1 heterocycles. The average molecular weight is 261 g/mol. The molecule has 6 heteroatoms. The summed E-state index contributed by atoms with van der Waals surface area (Å²) in [5.74, 6) is 1.37. The van der Waals surface area contributed by atoms with Gasteiger partial charge in [0.2, 0.25) is 11.7 Å². The molecule has 0 unspecified atom stereocenters. The Morgan fingerprint density at radius 3 is 2.84 bits per heavy atom. The molecule has 0 bridgehead atoms. The molecule has 100 valence electrons. The van der Waals surface area contributed by atoms with Gasteiger partial charge in [-0.2, -0.15) is 4.98 Å². The van der Waals surface area contributed by atoms with E-state index in [1.54, 1.807) is 12.1 Å². The maximum absolute atomic E-state index is 9.55. The van der Waals surface area contributed by atoms with E-state index in [0.29, 0.717) is 23.0 Å². The van der Waals surface area contributed by atoms with E-state index in [-0.39, 0.29) is 5.75 Å². The zero-order valence-electron chi connectivity index (χ0n) is 10.6. The van der Waals surface area contributed by atoms with Crippen LogP contribution >= 0.6 is 0 Å². The molecule has 0 saturated heterocycles. The number of aromatic hydroxyl groups is 1. The molecule has 1 aliphatic carbocycles. The third kappa shape index (κ3) is 1.94. The molecule has 3 rings (SSSR count). The monoisotopic (exact) mass is 261 g/mol. The summed E-state index contributed by atoms with van der Waals surface area (Å²) in [7, 11) is 1.49. The van der Waals surface area contributed by atoms with Crippen LogP contribution in [0.25, 0.3) is 11.4 Å². The molecule has 1 fully saturated rings. The van der Waals surface area contributed by atoms with E-state index in [4.69, 9.17) is 15.0 Å². The molecule has 0 amide bonds. The van der Waals surface area contributed by atoms with Gasteiger partial charge in [0.15, 0.2) is 11.5 Å². The Kier molecular flexibility index (Phi) is 2.67. The van der Waals surface area contributed by atoms with Crippen LogP contribution in [0.4, 0.5) is 0 Å². The van der Waals surface area contributed by atoms with Crippen LogP contribution < -0.4 is 10.5 Å². The maximum atomic E-state index is 9.55. The van der Waals surface area contributed by atoms with Crippen molar-refractivity contribution in [3.8, 4) is 22.9 Å². The molecule has 1 aromatic heterocycles. The van der Waals surface area contributed by atoms with Gasteiger partial charge in [-0.15, -0.1) is 0 Å². The number of phenolic OH excluding ortho intramolecular Hbond substituents is 1. The highest BCUT2D eigenvalue weighted by Gasteiger charge is 2.39. The van der Waals surface area contributed by atoms with Crippen molar-refractivity contribution in [1.29, 1.82) is 0 Å². The van der Waals surface area contributed by atoms with Gasteiger partial charge < -0.3 is 20.1 Å². The molecule has 19 heavy (non-hydrogen) atoms. The molecule has 0 atom stereocenters. The molecule has 0 radical (unpaired) electrons. The standard InChI is InChI=1S/C13H15N3O3/c1-18-10-7-8(3-4-9(10)17)11-15-12(19-16-11)13(14)5-2-6-13/h3-4,7,17H,2,5-6,14H2,1H3. The first-order chi connectivity index (χ1) is 9.12. The SMILES string of the molecule is COc1cc(-c2noc(C3(N)CCC3)n2)ccc1O. The minimum atomic E-state index is -0.466. The molecule has 1 saturated carbocycles. The lowest BCUT2D eigenvalue weighted by Crippen LogP contribution is -2.43. The first-order valence-electron chi connectivity index (χ1n) is 6.13. The second kappa shape index (κ2) is 4.24. The zero-order chi connectivity index (χ0) is 13.5. The number of aromatic nitrogens is 2.